The molecule has 0 aromatic rings. The smallest absolute Gasteiger partial charge is 0.328 e. The summed E-state index contributed by atoms with van der Waals surface area (Å²) in [6.45, 7) is 0.330. The van der Waals surface area contributed by atoms with E-state index in [-0.39, 0.29) is 0 Å². The van der Waals surface area contributed by atoms with Crippen LogP contribution in [-0.2, 0) is 19.2 Å². The SMILES string of the molecule is C[C@H](O)[C@@H](N)C(=O)NNC(=O)[C@@H](CC(N)=O)NC(=O)N[C@H](CO)C(=O)O. The normalized spacial score (nSPS) is 14.9. The van der Waals surface area contributed by atoms with Crippen LogP contribution in [0, 0.1) is 0 Å². The van der Waals surface area contributed by atoms with Gasteiger partial charge in [0.25, 0.3) is 11.8 Å². The quantitative estimate of drug-likeness (QED) is 0.174. The van der Waals surface area contributed by atoms with Crippen molar-refractivity contribution >= 4 is 29.7 Å². The van der Waals surface area contributed by atoms with Gasteiger partial charge in [-0.2, -0.15) is 0 Å². The molecule has 0 unspecified atom stereocenters. The lowest BCUT2D eigenvalue weighted by molar-refractivity contribution is -0.140. The third-order valence-electron chi connectivity index (χ3n) is 2.94. The summed E-state index contributed by atoms with van der Waals surface area (Å²) in [5.74, 6) is -4.52. The van der Waals surface area contributed by atoms with Crippen molar-refractivity contribution < 1.29 is 39.3 Å². The van der Waals surface area contributed by atoms with Crippen LogP contribution in [0.25, 0.3) is 0 Å². The molecule has 0 bridgehead atoms. The largest absolute Gasteiger partial charge is 0.480 e. The summed E-state index contributed by atoms with van der Waals surface area (Å²) in [5, 5.41) is 30.5. The van der Waals surface area contributed by atoms with E-state index in [0.717, 1.165) is 0 Å². The molecule has 11 N–H and O–H groups in total. The van der Waals surface area contributed by atoms with E-state index in [1.165, 1.54) is 6.92 Å². The number of carbonyl (C=O) groups is 5. The molecule has 0 rings (SSSR count). The summed E-state index contributed by atoms with van der Waals surface area (Å²) in [7, 11) is 0. The maximum absolute atomic E-state index is 12.0. The molecule has 5 amide bonds. The van der Waals surface area contributed by atoms with Crippen LogP contribution in [0.15, 0.2) is 0 Å². The number of urea groups is 1. The summed E-state index contributed by atoms with van der Waals surface area (Å²) in [4.78, 5) is 56.9. The van der Waals surface area contributed by atoms with E-state index in [4.69, 9.17) is 26.8 Å². The highest BCUT2D eigenvalue weighted by molar-refractivity contribution is 5.93. The Labute approximate surface area is 147 Å². The highest BCUT2D eigenvalue weighted by atomic mass is 16.4. The van der Waals surface area contributed by atoms with Crippen LogP contribution in [0.5, 0.6) is 0 Å². The minimum Gasteiger partial charge on any atom is -0.480 e. The number of hydrogen-bond acceptors (Lipinski definition) is 8. The highest BCUT2D eigenvalue weighted by Gasteiger charge is 2.27. The van der Waals surface area contributed by atoms with Gasteiger partial charge in [-0.25, -0.2) is 9.59 Å². The number of rotatable bonds is 9. The Balaban J connectivity index is 4.84. The van der Waals surface area contributed by atoms with Gasteiger partial charge >= 0.3 is 12.0 Å². The Hall–Kier alpha value is -2.97. The van der Waals surface area contributed by atoms with Gasteiger partial charge in [-0.15, -0.1) is 0 Å². The average molecular weight is 378 g/mol. The number of hydrogen-bond donors (Lipinski definition) is 9. The van der Waals surface area contributed by atoms with Crippen molar-refractivity contribution in [2.24, 2.45) is 11.5 Å². The van der Waals surface area contributed by atoms with Crippen LogP contribution < -0.4 is 33.0 Å². The van der Waals surface area contributed by atoms with Crippen molar-refractivity contribution in [1.82, 2.24) is 21.5 Å². The number of carboxylic acid groups (broad SMARTS) is 1. The van der Waals surface area contributed by atoms with E-state index in [0.29, 0.717) is 0 Å². The monoisotopic (exact) mass is 378 g/mol. The van der Waals surface area contributed by atoms with Crippen molar-refractivity contribution in [2.45, 2.75) is 37.6 Å². The van der Waals surface area contributed by atoms with Crippen LogP contribution in [0.4, 0.5) is 4.79 Å². The third kappa shape index (κ3) is 8.22. The summed E-state index contributed by atoms with van der Waals surface area (Å²) in [5.41, 5.74) is 14.0. The second-order valence-electron chi connectivity index (χ2n) is 5.16. The molecular weight excluding hydrogens is 356 g/mol. The number of carbonyl (C=O) groups excluding carboxylic acids is 4. The summed E-state index contributed by atoms with van der Waals surface area (Å²) >= 11 is 0. The van der Waals surface area contributed by atoms with Gasteiger partial charge in [0.1, 0.15) is 12.1 Å². The summed E-state index contributed by atoms with van der Waals surface area (Å²) in [6, 6.07) is -5.73. The van der Waals surface area contributed by atoms with Crippen LogP contribution in [0.1, 0.15) is 13.3 Å². The molecule has 0 spiro atoms. The average Bonchev–Trinajstić information content (AvgIpc) is 2.54. The van der Waals surface area contributed by atoms with Crippen LogP contribution in [-0.4, -0.2) is 75.9 Å². The van der Waals surface area contributed by atoms with Crippen molar-refractivity contribution in [2.75, 3.05) is 6.61 Å². The number of hydrazine groups is 1. The number of nitrogens with two attached hydrogens (primary N) is 2. The standard InChI is InChI=1S/C12H22N6O8/c1-4(20)8(14)10(23)18-17-9(22)5(2-7(13)21)15-12(26)16-6(3-19)11(24)25/h4-6,8,19-20H,2-3,14H2,1H3,(H2,13,21)(H,17,22)(H,18,23)(H,24,25)(H2,15,16,26)/t4-,5+,6+,8+/m0/s1. The first-order valence-corrected chi connectivity index (χ1v) is 7.21. The molecule has 26 heavy (non-hydrogen) atoms. The summed E-state index contributed by atoms with van der Waals surface area (Å²) < 4.78 is 0. The first-order valence-electron chi connectivity index (χ1n) is 7.21. The first kappa shape index (κ1) is 23.0. The van der Waals surface area contributed by atoms with Crippen molar-refractivity contribution in [3.63, 3.8) is 0 Å². The fourth-order valence-electron chi connectivity index (χ4n) is 1.47. The molecule has 4 atom stereocenters. The Morgan fingerprint density at radius 3 is 1.92 bits per heavy atom. The van der Waals surface area contributed by atoms with E-state index in [1.54, 1.807) is 0 Å². The molecule has 14 nitrogen and oxygen atoms in total. The number of amides is 5. The molecule has 0 saturated heterocycles. The Morgan fingerprint density at radius 2 is 1.50 bits per heavy atom. The predicted octanol–water partition coefficient (Wildman–Crippen LogP) is -5.17. The highest BCUT2D eigenvalue weighted by Crippen LogP contribution is 1.93. The van der Waals surface area contributed by atoms with Crippen LogP contribution in [0.3, 0.4) is 0 Å². The minimum atomic E-state index is -1.64. The number of aliphatic carboxylic acids is 1. The van der Waals surface area contributed by atoms with Crippen LogP contribution in [0.2, 0.25) is 0 Å². The zero-order valence-corrected chi connectivity index (χ0v) is 13.8. The van der Waals surface area contributed by atoms with Gasteiger partial charge in [0.05, 0.1) is 19.1 Å². The lowest BCUT2D eigenvalue weighted by atomic mass is 10.2. The predicted molar refractivity (Wildman–Crippen MR) is 83.7 cm³/mol. The molecule has 0 saturated carbocycles. The van der Waals surface area contributed by atoms with Gasteiger partial charge in [0, 0.05) is 0 Å². The van der Waals surface area contributed by atoms with Gasteiger partial charge in [-0.3, -0.25) is 25.2 Å². The molecule has 0 radical (unpaired) electrons. The molecule has 0 fully saturated rings. The van der Waals surface area contributed by atoms with E-state index in [1.807, 2.05) is 21.5 Å². The molecule has 148 valence electrons. The van der Waals surface area contributed by atoms with E-state index in [9.17, 15) is 24.0 Å². The van der Waals surface area contributed by atoms with Gasteiger partial charge in [-0.05, 0) is 6.92 Å². The molecule has 0 aromatic carbocycles. The van der Waals surface area contributed by atoms with Crippen molar-refractivity contribution in [3.05, 3.63) is 0 Å². The zero-order valence-electron chi connectivity index (χ0n) is 13.8. The topological polar surface area (TPSA) is 246 Å². The second-order valence-corrected chi connectivity index (χ2v) is 5.16. The first-order chi connectivity index (χ1) is 12.0. The number of aliphatic hydroxyl groups is 2. The van der Waals surface area contributed by atoms with Crippen molar-refractivity contribution in [3.8, 4) is 0 Å². The zero-order chi connectivity index (χ0) is 20.4. The maximum atomic E-state index is 12.0. The lowest BCUT2D eigenvalue weighted by Crippen LogP contribution is -2.59. The molecule has 0 heterocycles. The Kier molecular flexibility index (Phi) is 9.57. The molecule has 0 aromatic heterocycles. The van der Waals surface area contributed by atoms with Gasteiger partial charge in [0.2, 0.25) is 5.91 Å². The van der Waals surface area contributed by atoms with Gasteiger partial charge in [0.15, 0.2) is 6.04 Å². The fourth-order valence-corrected chi connectivity index (χ4v) is 1.47. The van der Waals surface area contributed by atoms with Gasteiger partial charge in [-0.1, -0.05) is 0 Å². The number of primary amides is 1. The van der Waals surface area contributed by atoms with Crippen LogP contribution >= 0.6 is 0 Å². The molecule has 0 aliphatic carbocycles. The van der Waals surface area contributed by atoms with Gasteiger partial charge < -0.3 is 37.4 Å². The van der Waals surface area contributed by atoms with E-state index < -0.39 is 67.0 Å². The third-order valence-corrected chi connectivity index (χ3v) is 2.94. The molecule has 0 aliphatic heterocycles. The molecule has 14 heteroatoms. The molecular formula is C12H22N6O8. The maximum Gasteiger partial charge on any atom is 0.328 e. The fraction of sp³-hybridized carbons (Fsp3) is 0.583. The second kappa shape index (κ2) is 10.8. The Morgan fingerprint density at radius 1 is 1.00 bits per heavy atom. The molecule has 0 aliphatic rings. The van der Waals surface area contributed by atoms with E-state index >= 15 is 0 Å². The summed E-state index contributed by atoms with van der Waals surface area (Å²) in [6.07, 6.45) is -1.88. The minimum absolute atomic E-state index is 0.672. The van der Waals surface area contributed by atoms with E-state index in [2.05, 4.69) is 0 Å². The Bertz CT molecular complexity index is 554. The van der Waals surface area contributed by atoms with Crippen molar-refractivity contribution in [1.29, 1.82) is 0 Å². The number of aliphatic hydroxyl groups excluding tert-OH is 2. The number of nitrogens with one attached hydrogen (secondary N) is 4. The number of carboxylic acids is 1. The lowest BCUT2D eigenvalue weighted by Gasteiger charge is -2.20.